The second kappa shape index (κ2) is 15.1. The highest BCUT2D eigenvalue weighted by molar-refractivity contribution is 7.98. The van der Waals surface area contributed by atoms with Crippen molar-refractivity contribution in [1.82, 2.24) is 10.6 Å². The van der Waals surface area contributed by atoms with Crippen molar-refractivity contribution in [3.63, 3.8) is 0 Å². The van der Waals surface area contributed by atoms with E-state index in [0.29, 0.717) is 6.42 Å². The van der Waals surface area contributed by atoms with Gasteiger partial charge < -0.3 is 10.6 Å². The Morgan fingerprint density at radius 2 is 1.94 bits per heavy atom. The molecule has 0 aliphatic rings. The molecular formula is C11H25ClN2OS. The van der Waals surface area contributed by atoms with Crippen LogP contribution in [0.25, 0.3) is 0 Å². The molecule has 0 spiro atoms. The molecule has 0 radical (unpaired) electrons. The largest absolute Gasteiger partial charge is 0.355 e. The summed E-state index contributed by atoms with van der Waals surface area (Å²) in [5.74, 6) is 1.35. The Hall–Kier alpha value is 0.0700. The van der Waals surface area contributed by atoms with Gasteiger partial charge in [-0.1, -0.05) is 6.92 Å². The van der Waals surface area contributed by atoms with E-state index in [1.165, 1.54) is 0 Å². The maximum atomic E-state index is 11.3. The second-order valence-electron chi connectivity index (χ2n) is 3.55. The molecule has 16 heavy (non-hydrogen) atoms. The zero-order valence-electron chi connectivity index (χ0n) is 10.4. The van der Waals surface area contributed by atoms with Gasteiger partial charge in [-0.15, -0.1) is 12.4 Å². The van der Waals surface area contributed by atoms with E-state index < -0.39 is 0 Å². The number of amides is 1. The molecule has 0 bridgehead atoms. The number of rotatable bonds is 10. The molecule has 5 heteroatoms. The summed E-state index contributed by atoms with van der Waals surface area (Å²) in [6, 6.07) is 0. The summed E-state index contributed by atoms with van der Waals surface area (Å²) in [5, 5.41) is 6.16. The second-order valence-corrected chi connectivity index (χ2v) is 4.54. The van der Waals surface area contributed by atoms with Crippen molar-refractivity contribution in [3.8, 4) is 0 Å². The van der Waals surface area contributed by atoms with Crippen LogP contribution in [0.1, 0.15) is 32.6 Å². The number of halogens is 1. The van der Waals surface area contributed by atoms with Crippen LogP contribution in [-0.4, -0.2) is 37.6 Å². The van der Waals surface area contributed by atoms with Gasteiger partial charge in [0.1, 0.15) is 0 Å². The molecule has 0 saturated carbocycles. The summed E-state index contributed by atoms with van der Waals surface area (Å²) in [5.41, 5.74) is 0. The first-order chi connectivity index (χ1) is 7.31. The molecule has 0 aromatic heterocycles. The van der Waals surface area contributed by atoms with E-state index in [-0.39, 0.29) is 18.3 Å². The van der Waals surface area contributed by atoms with Crippen LogP contribution in [0.4, 0.5) is 0 Å². The lowest BCUT2D eigenvalue weighted by molar-refractivity contribution is -0.121. The maximum Gasteiger partial charge on any atom is 0.220 e. The van der Waals surface area contributed by atoms with Crippen LogP contribution in [0.3, 0.4) is 0 Å². The summed E-state index contributed by atoms with van der Waals surface area (Å²) < 4.78 is 0. The molecule has 0 unspecified atom stereocenters. The highest BCUT2D eigenvalue weighted by Gasteiger charge is 1.99. The first-order valence-electron chi connectivity index (χ1n) is 5.77. The summed E-state index contributed by atoms with van der Waals surface area (Å²) in [6.45, 7) is 4.80. The lowest BCUT2D eigenvalue weighted by Gasteiger charge is -2.05. The predicted molar refractivity (Wildman–Crippen MR) is 75.7 cm³/mol. The highest BCUT2D eigenvalue weighted by Crippen LogP contribution is 2.01. The molecule has 0 fully saturated rings. The van der Waals surface area contributed by atoms with Crippen LogP contribution in [0, 0.1) is 0 Å². The van der Waals surface area contributed by atoms with Gasteiger partial charge in [-0.25, -0.2) is 0 Å². The molecule has 0 aromatic rings. The SMILES string of the molecule is CCCNCCNC(=O)CCCCSC.Cl. The van der Waals surface area contributed by atoms with Gasteiger partial charge in [0, 0.05) is 19.5 Å². The predicted octanol–water partition coefficient (Wildman–Crippen LogP) is 2.06. The Morgan fingerprint density at radius 3 is 2.56 bits per heavy atom. The third kappa shape index (κ3) is 14.1. The van der Waals surface area contributed by atoms with Crippen LogP contribution in [0.15, 0.2) is 0 Å². The molecule has 0 aromatic carbocycles. The average Bonchev–Trinajstić information content (AvgIpc) is 2.24. The molecule has 0 saturated heterocycles. The number of carbonyl (C=O) groups is 1. The Bertz CT molecular complexity index is 159. The molecule has 0 aliphatic carbocycles. The number of hydrogen-bond acceptors (Lipinski definition) is 3. The van der Waals surface area contributed by atoms with Crippen LogP contribution >= 0.6 is 24.2 Å². The monoisotopic (exact) mass is 268 g/mol. The summed E-state index contributed by atoms with van der Waals surface area (Å²) in [4.78, 5) is 11.3. The van der Waals surface area contributed by atoms with E-state index in [1.807, 2.05) is 11.8 Å². The molecule has 1 amide bonds. The highest BCUT2D eigenvalue weighted by atomic mass is 35.5. The Morgan fingerprint density at radius 1 is 1.19 bits per heavy atom. The maximum absolute atomic E-state index is 11.3. The van der Waals surface area contributed by atoms with Crippen LogP contribution in [-0.2, 0) is 4.79 Å². The number of unbranched alkanes of at least 4 members (excludes halogenated alkanes) is 1. The lowest BCUT2D eigenvalue weighted by Crippen LogP contribution is -2.31. The number of nitrogens with one attached hydrogen (secondary N) is 2. The molecule has 0 rings (SSSR count). The zero-order chi connectivity index (χ0) is 11.4. The van der Waals surface area contributed by atoms with Crippen LogP contribution < -0.4 is 10.6 Å². The van der Waals surface area contributed by atoms with Crippen molar-refractivity contribution >= 4 is 30.1 Å². The molecule has 0 atom stereocenters. The molecule has 2 N–H and O–H groups in total. The molecule has 3 nitrogen and oxygen atoms in total. The van der Waals surface area contributed by atoms with Crippen molar-refractivity contribution < 1.29 is 4.79 Å². The first-order valence-corrected chi connectivity index (χ1v) is 7.17. The fraction of sp³-hybridized carbons (Fsp3) is 0.909. The zero-order valence-corrected chi connectivity index (χ0v) is 12.0. The van der Waals surface area contributed by atoms with E-state index >= 15 is 0 Å². The van der Waals surface area contributed by atoms with E-state index in [4.69, 9.17) is 0 Å². The van der Waals surface area contributed by atoms with E-state index in [9.17, 15) is 4.79 Å². The quantitative estimate of drug-likeness (QED) is 0.596. The van der Waals surface area contributed by atoms with Crippen molar-refractivity contribution in [2.24, 2.45) is 0 Å². The van der Waals surface area contributed by atoms with E-state index in [2.05, 4.69) is 23.8 Å². The van der Waals surface area contributed by atoms with Crippen molar-refractivity contribution in [2.45, 2.75) is 32.6 Å². The number of thioether (sulfide) groups is 1. The minimum Gasteiger partial charge on any atom is -0.355 e. The summed E-state index contributed by atoms with van der Waals surface area (Å²) in [6.07, 6.45) is 6.06. The number of hydrogen-bond donors (Lipinski definition) is 2. The Balaban J connectivity index is 0. The summed E-state index contributed by atoms with van der Waals surface area (Å²) >= 11 is 1.84. The number of carbonyl (C=O) groups excluding carboxylic acids is 1. The van der Waals surface area contributed by atoms with Gasteiger partial charge >= 0.3 is 0 Å². The van der Waals surface area contributed by atoms with E-state index in [1.54, 1.807) is 0 Å². The van der Waals surface area contributed by atoms with Gasteiger partial charge in [-0.2, -0.15) is 11.8 Å². The van der Waals surface area contributed by atoms with Crippen molar-refractivity contribution in [3.05, 3.63) is 0 Å². The van der Waals surface area contributed by atoms with Crippen LogP contribution in [0.5, 0.6) is 0 Å². The van der Waals surface area contributed by atoms with Gasteiger partial charge in [-0.05, 0) is 37.8 Å². The van der Waals surface area contributed by atoms with E-state index in [0.717, 1.165) is 44.6 Å². The fourth-order valence-corrected chi connectivity index (χ4v) is 1.71. The molecular weight excluding hydrogens is 244 g/mol. The van der Waals surface area contributed by atoms with Crippen molar-refractivity contribution in [2.75, 3.05) is 31.6 Å². The standard InChI is InChI=1S/C11H24N2OS.ClH/c1-3-7-12-8-9-13-11(14)6-4-5-10-15-2;/h12H,3-10H2,1-2H3,(H,13,14);1H. The van der Waals surface area contributed by atoms with Gasteiger partial charge in [0.25, 0.3) is 0 Å². The van der Waals surface area contributed by atoms with Gasteiger partial charge in [0.15, 0.2) is 0 Å². The minimum atomic E-state index is 0. The molecule has 0 heterocycles. The molecule has 98 valence electrons. The third-order valence-corrected chi connectivity index (χ3v) is 2.75. The minimum absolute atomic E-state index is 0. The third-order valence-electron chi connectivity index (χ3n) is 2.05. The van der Waals surface area contributed by atoms with Gasteiger partial charge in [0.05, 0.1) is 0 Å². The first kappa shape index (κ1) is 18.4. The lowest BCUT2D eigenvalue weighted by atomic mass is 10.2. The normalized spacial score (nSPS) is 9.62. The van der Waals surface area contributed by atoms with Crippen molar-refractivity contribution in [1.29, 1.82) is 0 Å². The smallest absolute Gasteiger partial charge is 0.220 e. The van der Waals surface area contributed by atoms with Crippen LogP contribution in [0.2, 0.25) is 0 Å². The summed E-state index contributed by atoms with van der Waals surface area (Å²) in [7, 11) is 0. The Kier molecular flexibility index (Phi) is 17.4. The fourth-order valence-electron chi connectivity index (χ4n) is 1.21. The molecule has 0 aliphatic heterocycles. The topological polar surface area (TPSA) is 41.1 Å². The average molecular weight is 269 g/mol. The van der Waals surface area contributed by atoms with Gasteiger partial charge in [-0.3, -0.25) is 4.79 Å². The Labute approximate surface area is 110 Å². The van der Waals surface area contributed by atoms with Gasteiger partial charge in [0.2, 0.25) is 5.91 Å².